The van der Waals surface area contributed by atoms with E-state index in [1.807, 2.05) is 11.5 Å². The van der Waals surface area contributed by atoms with E-state index in [0.29, 0.717) is 6.54 Å². The molecule has 96 valence electrons. The molecule has 1 heterocycles. The third kappa shape index (κ3) is 2.43. The number of aromatic carboxylic acids is 1. The Morgan fingerprint density at radius 3 is 2.89 bits per heavy atom. The molecule has 0 aliphatic carbocycles. The Labute approximate surface area is 107 Å². The van der Waals surface area contributed by atoms with Crippen LogP contribution in [-0.4, -0.2) is 36.3 Å². The van der Waals surface area contributed by atoms with Crippen LogP contribution < -0.4 is 0 Å². The van der Waals surface area contributed by atoms with Crippen LogP contribution >= 0.6 is 0 Å². The maximum absolute atomic E-state index is 11.4. The summed E-state index contributed by atoms with van der Waals surface area (Å²) in [5, 5.41) is 8.96. The zero-order valence-corrected chi connectivity index (χ0v) is 11.0. The summed E-state index contributed by atoms with van der Waals surface area (Å²) >= 11 is 0. The monoisotopic (exact) mass is 266 g/mol. The summed E-state index contributed by atoms with van der Waals surface area (Å²) < 4.78 is 13.2. The average molecular weight is 266 g/mol. The van der Waals surface area contributed by atoms with Crippen LogP contribution in [0.15, 0.2) is 24.5 Å². The fourth-order valence-corrected chi connectivity index (χ4v) is 2.09. The fraction of sp³-hybridized carbons (Fsp3) is 0.333. The number of hydrogen-bond acceptors (Lipinski definition) is 3. The van der Waals surface area contributed by atoms with Crippen LogP contribution in [0.25, 0.3) is 11.0 Å². The molecule has 6 heteroatoms. The van der Waals surface area contributed by atoms with E-state index < -0.39 is 16.8 Å². The predicted molar refractivity (Wildman–Crippen MR) is 70.2 cm³/mol. The lowest BCUT2D eigenvalue weighted by Crippen LogP contribution is -2.16. The molecule has 0 saturated heterocycles. The number of nitrogens with zero attached hydrogens (tertiary/aromatic N) is 2. The number of carboxylic acids is 1. The number of imidazole rings is 1. The van der Waals surface area contributed by atoms with Gasteiger partial charge in [-0.3, -0.25) is 4.21 Å². The van der Waals surface area contributed by atoms with Gasteiger partial charge in [0.2, 0.25) is 0 Å². The van der Waals surface area contributed by atoms with Crippen molar-refractivity contribution >= 4 is 27.8 Å². The van der Waals surface area contributed by atoms with Crippen molar-refractivity contribution in [2.45, 2.75) is 18.7 Å². The van der Waals surface area contributed by atoms with Crippen molar-refractivity contribution in [3.8, 4) is 0 Å². The van der Waals surface area contributed by atoms with E-state index in [1.54, 1.807) is 24.7 Å². The van der Waals surface area contributed by atoms with Crippen molar-refractivity contribution in [2.24, 2.45) is 0 Å². The Hall–Kier alpha value is -1.69. The Kier molecular flexibility index (Phi) is 3.47. The molecule has 1 aromatic carbocycles. The minimum Gasteiger partial charge on any atom is -0.478 e. The topological polar surface area (TPSA) is 72.2 Å². The number of rotatable bonds is 4. The SMILES string of the molecule is CC(Cn1cnc2ccc(C(=O)O)cc21)S(C)=O. The third-order valence-corrected chi connectivity index (χ3v) is 4.17. The maximum Gasteiger partial charge on any atom is 0.335 e. The molecular formula is C12H14N2O3S. The van der Waals surface area contributed by atoms with Crippen molar-refractivity contribution in [2.75, 3.05) is 6.26 Å². The highest BCUT2D eigenvalue weighted by Crippen LogP contribution is 2.16. The summed E-state index contributed by atoms with van der Waals surface area (Å²) in [6.45, 7) is 2.45. The van der Waals surface area contributed by atoms with E-state index in [1.165, 1.54) is 6.07 Å². The maximum atomic E-state index is 11.4. The molecule has 1 N–H and O–H groups in total. The van der Waals surface area contributed by atoms with Gasteiger partial charge < -0.3 is 9.67 Å². The van der Waals surface area contributed by atoms with Gasteiger partial charge in [0.15, 0.2) is 0 Å². The van der Waals surface area contributed by atoms with Crippen molar-refractivity contribution in [1.82, 2.24) is 9.55 Å². The molecule has 0 amide bonds. The van der Waals surface area contributed by atoms with Crippen molar-refractivity contribution in [3.05, 3.63) is 30.1 Å². The van der Waals surface area contributed by atoms with Gasteiger partial charge in [-0.25, -0.2) is 9.78 Å². The summed E-state index contributed by atoms with van der Waals surface area (Å²) in [4.78, 5) is 15.1. The number of benzene rings is 1. The third-order valence-electron chi connectivity index (χ3n) is 2.89. The zero-order chi connectivity index (χ0) is 13.3. The average Bonchev–Trinajstić information content (AvgIpc) is 2.71. The summed E-state index contributed by atoms with van der Waals surface area (Å²) in [6, 6.07) is 4.81. The molecule has 2 atom stereocenters. The summed E-state index contributed by atoms with van der Waals surface area (Å²) in [7, 11) is -0.917. The fourth-order valence-electron chi connectivity index (χ4n) is 1.72. The number of aromatic nitrogens is 2. The second kappa shape index (κ2) is 4.89. The first-order valence-electron chi connectivity index (χ1n) is 5.49. The standard InChI is InChI=1S/C12H14N2O3S/c1-8(18(2)17)6-14-7-13-10-4-3-9(12(15)16)5-11(10)14/h3-5,7-8H,6H2,1-2H3,(H,15,16). The van der Waals surface area contributed by atoms with Gasteiger partial charge in [0, 0.05) is 28.9 Å². The molecule has 0 bridgehead atoms. The van der Waals surface area contributed by atoms with E-state index >= 15 is 0 Å². The first-order chi connectivity index (χ1) is 8.49. The quantitative estimate of drug-likeness (QED) is 0.910. The molecule has 0 fully saturated rings. The van der Waals surface area contributed by atoms with Crippen LogP contribution in [0.2, 0.25) is 0 Å². The van der Waals surface area contributed by atoms with E-state index in [9.17, 15) is 9.00 Å². The normalized spacial score (nSPS) is 14.6. The summed E-state index contributed by atoms with van der Waals surface area (Å²) in [5.41, 5.74) is 1.73. The molecule has 0 saturated carbocycles. The lowest BCUT2D eigenvalue weighted by molar-refractivity contribution is 0.0697. The van der Waals surface area contributed by atoms with Crippen LogP contribution in [-0.2, 0) is 17.3 Å². The molecule has 2 unspecified atom stereocenters. The largest absolute Gasteiger partial charge is 0.478 e. The molecule has 18 heavy (non-hydrogen) atoms. The van der Waals surface area contributed by atoms with Crippen LogP contribution in [0.5, 0.6) is 0 Å². The van der Waals surface area contributed by atoms with Gasteiger partial charge >= 0.3 is 5.97 Å². The Morgan fingerprint density at radius 2 is 2.28 bits per heavy atom. The van der Waals surface area contributed by atoms with Crippen LogP contribution in [0.1, 0.15) is 17.3 Å². The molecule has 0 spiro atoms. The molecule has 0 aliphatic rings. The van der Waals surface area contributed by atoms with Gasteiger partial charge in [-0.2, -0.15) is 0 Å². The minimum atomic E-state index is -0.961. The second-order valence-corrected chi connectivity index (χ2v) is 6.02. The summed E-state index contributed by atoms with van der Waals surface area (Å²) in [6.07, 6.45) is 3.31. The van der Waals surface area contributed by atoms with Gasteiger partial charge in [-0.15, -0.1) is 0 Å². The summed E-state index contributed by atoms with van der Waals surface area (Å²) in [5.74, 6) is -0.961. The number of carboxylic acid groups (broad SMARTS) is 1. The zero-order valence-electron chi connectivity index (χ0n) is 10.2. The van der Waals surface area contributed by atoms with Gasteiger partial charge in [-0.05, 0) is 25.1 Å². The second-order valence-electron chi connectivity index (χ2n) is 4.21. The molecule has 1 aromatic heterocycles. The number of fused-ring (bicyclic) bond motifs is 1. The molecule has 2 aromatic rings. The molecular weight excluding hydrogens is 252 g/mol. The van der Waals surface area contributed by atoms with Crippen molar-refractivity contribution < 1.29 is 14.1 Å². The first-order valence-corrected chi connectivity index (χ1v) is 7.11. The highest BCUT2D eigenvalue weighted by Gasteiger charge is 2.11. The van der Waals surface area contributed by atoms with Crippen LogP contribution in [0.4, 0.5) is 0 Å². The molecule has 5 nitrogen and oxygen atoms in total. The van der Waals surface area contributed by atoms with E-state index in [-0.39, 0.29) is 10.8 Å². The van der Waals surface area contributed by atoms with Crippen molar-refractivity contribution in [3.63, 3.8) is 0 Å². The van der Waals surface area contributed by atoms with Crippen LogP contribution in [0, 0.1) is 0 Å². The smallest absolute Gasteiger partial charge is 0.335 e. The number of carbonyl (C=O) groups is 1. The van der Waals surface area contributed by atoms with Gasteiger partial charge in [0.25, 0.3) is 0 Å². The molecule has 0 radical (unpaired) electrons. The predicted octanol–water partition coefficient (Wildman–Crippen LogP) is 1.50. The van der Waals surface area contributed by atoms with E-state index in [4.69, 9.17) is 5.11 Å². The van der Waals surface area contributed by atoms with Crippen LogP contribution in [0.3, 0.4) is 0 Å². The lowest BCUT2D eigenvalue weighted by atomic mass is 10.2. The van der Waals surface area contributed by atoms with Gasteiger partial charge in [0.1, 0.15) is 0 Å². The first kappa shape index (κ1) is 12.8. The highest BCUT2D eigenvalue weighted by molar-refractivity contribution is 7.84. The highest BCUT2D eigenvalue weighted by atomic mass is 32.2. The Balaban J connectivity index is 2.42. The van der Waals surface area contributed by atoms with Gasteiger partial charge in [0.05, 0.1) is 22.9 Å². The minimum absolute atomic E-state index is 0.00381. The van der Waals surface area contributed by atoms with Crippen molar-refractivity contribution in [1.29, 1.82) is 0 Å². The lowest BCUT2D eigenvalue weighted by Gasteiger charge is -2.10. The van der Waals surface area contributed by atoms with E-state index in [2.05, 4.69) is 4.98 Å². The Morgan fingerprint density at radius 1 is 1.56 bits per heavy atom. The number of hydrogen-bond donors (Lipinski definition) is 1. The van der Waals surface area contributed by atoms with E-state index in [0.717, 1.165) is 11.0 Å². The molecule has 2 rings (SSSR count). The molecule has 0 aliphatic heterocycles. The van der Waals surface area contributed by atoms with Gasteiger partial charge in [-0.1, -0.05) is 0 Å². The Bertz CT molecular complexity index is 621.